The van der Waals surface area contributed by atoms with Gasteiger partial charge in [-0.25, -0.2) is 14.2 Å². The maximum absolute atomic E-state index is 14.4. The minimum Gasteiger partial charge on any atom is -0.491 e. The number of likely N-dealkylation sites (tertiary alicyclic amines) is 1. The summed E-state index contributed by atoms with van der Waals surface area (Å²) in [5, 5.41) is 20.2. The van der Waals surface area contributed by atoms with Gasteiger partial charge in [-0.1, -0.05) is 12.1 Å². The Morgan fingerprint density at radius 3 is 2.74 bits per heavy atom. The monoisotopic (exact) mass is 532 g/mol. The quantitative estimate of drug-likeness (QED) is 0.343. The molecule has 0 spiro atoms. The first-order valence-electron chi connectivity index (χ1n) is 11.9. The number of ether oxygens (including phenoxy) is 1. The van der Waals surface area contributed by atoms with Crippen LogP contribution in [-0.4, -0.2) is 67.1 Å². The molecule has 1 aromatic carbocycles. The number of halogens is 4. The molecule has 0 unspecified atom stereocenters. The Morgan fingerprint density at radius 2 is 2.03 bits per heavy atom. The summed E-state index contributed by atoms with van der Waals surface area (Å²) < 4.78 is 64.0. The number of carboxylic acid groups (broad SMARTS) is 1. The average molecular weight is 532 g/mol. The number of nitrogens with one attached hydrogen (secondary N) is 1. The van der Waals surface area contributed by atoms with Gasteiger partial charge in [-0.3, -0.25) is 9.30 Å². The Morgan fingerprint density at radius 1 is 1.24 bits per heavy atom. The molecule has 0 bridgehead atoms. The van der Waals surface area contributed by atoms with Gasteiger partial charge in [0.15, 0.2) is 23.0 Å². The second-order valence-corrected chi connectivity index (χ2v) is 9.47. The first-order valence-corrected chi connectivity index (χ1v) is 11.9. The predicted octanol–water partition coefficient (Wildman–Crippen LogP) is 4.82. The van der Waals surface area contributed by atoms with E-state index in [2.05, 4.69) is 20.5 Å². The van der Waals surface area contributed by atoms with Crippen LogP contribution in [0.15, 0.2) is 42.6 Å². The van der Waals surface area contributed by atoms with Crippen molar-refractivity contribution in [3.63, 3.8) is 0 Å². The van der Waals surface area contributed by atoms with Gasteiger partial charge >= 0.3 is 12.3 Å². The summed E-state index contributed by atoms with van der Waals surface area (Å²) in [5.41, 5.74) is 0.0252. The number of carbonyl (C=O) groups is 1. The highest BCUT2D eigenvalue weighted by molar-refractivity contribution is 5.82. The smallest absolute Gasteiger partial charge is 0.408 e. The van der Waals surface area contributed by atoms with Crippen molar-refractivity contribution in [2.45, 2.75) is 38.0 Å². The van der Waals surface area contributed by atoms with Gasteiger partial charge in [-0.05, 0) is 44.0 Å². The third-order valence-electron chi connectivity index (χ3n) is 6.60. The molecule has 0 radical (unpaired) electrons. The van der Waals surface area contributed by atoms with Crippen molar-refractivity contribution in [2.75, 3.05) is 19.7 Å². The number of alkyl halides is 3. The number of amides is 1. The molecule has 0 aliphatic carbocycles. The van der Waals surface area contributed by atoms with E-state index in [1.165, 1.54) is 39.8 Å². The first-order chi connectivity index (χ1) is 18.0. The molecule has 1 amide bonds. The van der Waals surface area contributed by atoms with Crippen LogP contribution < -0.4 is 10.1 Å². The normalized spacial score (nSPS) is 19.2. The fourth-order valence-corrected chi connectivity index (χ4v) is 4.94. The SMILES string of the molecule is CCOc1cc2nc(-c3nnc4ccc([C@H](N5CC[C@](C)(NC(=O)O)C5)C(F)(F)F)cn34)ccc2cc1F. The first kappa shape index (κ1) is 25.6. The van der Waals surface area contributed by atoms with Crippen LogP contribution in [0.4, 0.5) is 22.4 Å². The van der Waals surface area contributed by atoms with Gasteiger partial charge < -0.3 is 15.2 Å². The van der Waals surface area contributed by atoms with Gasteiger partial charge in [0.05, 0.1) is 17.7 Å². The van der Waals surface area contributed by atoms with E-state index in [0.717, 1.165) is 0 Å². The van der Waals surface area contributed by atoms with E-state index in [4.69, 9.17) is 9.84 Å². The molecule has 1 fully saturated rings. The third kappa shape index (κ3) is 4.80. The van der Waals surface area contributed by atoms with Crippen LogP contribution in [0.25, 0.3) is 28.1 Å². The fraction of sp³-hybridized carbons (Fsp3) is 0.360. The molecule has 2 N–H and O–H groups in total. The average Bonchev–Trinajstić information content (AvgIpc) is 3.41. The van der Waals surface area contributed by atoms with E-state index in [0.29, 0.717) is 22.2 Å². The number of pyridine rings is 2. The standard InChI is InChI=1S/C25H24F4N6O3/c1-3-38-19-11-18-14(10-16(19)26)4-6-17(30-18)22-33-32-20-7-5-15(12-35(20)22)21(25(27,28)29)34-9-8-24(2,13-34)31-23(36)37/h4-7,10-12,21,31H,3,8-9,13H2,1-2H3,(H,36,37)/t21-,24-/m0/s1. The molecule has 3 aromatic heterocycles. The Labute approximate surface area is 214 Å². The van der Waals surface area contributed by atoms with Crippen LogP contribution >= 0.6 is 0 Å². The lowest BCUT2D eigenvalue weighted by molar-refractivity contribution is -0.184. The molecule has 38 heavy (non-hydrogen) atoms. The summed E-state index contributed by atoms with van der Waals surface area (Å²) in [6.45, 7) is 3.53. The molecule has 13 heteroatoms. The van der Waals surface area contributed by atoms with Crippen molar-refractivity contribution in [2.24, 2.45) is 0 Å². The minimum absolute atomic E-state index is 0.0426. The van der Waals surface area contributed by atoms with Crippen LogP contribution in [0.5, 0.6) is 5.75 Å². The molecule has 9 nitrogen and oxygen atoms in total. The predicted molar refractivity (Wildman–Crippen MR) is 129 cm³/mol. The van der Waals surface area contributed by atoms with Crippen LogP contribution in [0.2, 0.25) is 0 Å². The lowest BCUT2D eigenvalue weighted by atomic mass is 10.0. The van der Waals surface area contributed by atoms with E-state index in [1.807, 2.05) is 0 Å². The summed E-state index contributed by atoms with van der Waals surface area (Å²) in [7, 11) is 0. The number of rotatable bonds is 6. The molecule has 200 valence electrons. The lowest BCUT2D eigenvalue weighted by Crippen LogP contribution is -2.48. The van der Waals surface area contributed by atoms with E-state index in [9.17, 15) is 22.4 Å². The zero-order chi connectivity index (χ0) is 27.2. The summed E-state index contributed by atoms with van der Waals surface area (Å²) in [4.78, 5) is 16.9. The van der Waals surface area contributed by atoms with Crippen molar-refractivity contribution < 1.29 is 32.2 Å². The van der Waals surface area contributed by atoms with Crippen molar-refractivity contribution in [3.05, 3.63) is 54.0 Å². The Kier molecular flexibility index (Phi) is 6.33. The van der Waals surface area contributed by atoms with E-state index in [-0.39, 0.29) is 43.3 Å². The van der Waals surface area contributed by atoms with Crippen molar-refractivity contribution in [1.29, 1.82) is 0 Å². The maximum atomic E-state index is 14.4. The molecule has 2 atom stereocenters. The second kappa shape index (κ2) is 9.39. The minimum atomic E-state index is -4.63. The van der Waals surface area contributed by atoms with Gasteiger partial charge in [0.2, 0.25) is 0 Å². The summed E-state index contributed by atoms with van der Waals surface area (Å²) in [5.74, 6) is -0.270. The highest BCUT2D eigenvalue weighted by atomic mass is 19.4. The van der Waals surface area contributed by atoms with Gasteiger partial charge in [0.25, 0.3) is 0 Å². The molecule has 4 aromatic rings. The number of hydrogen-bond donors (Lipinski definition) is 2. The summed E-state index contributed by atoms with van der Waals surface area (Å²) in [6.07, 6.45) is -4.35. The third-order valence-corrected chi connectivity index (χ3v) is 6.60. The number of hydrogen-bond acceptors (Lipinski definition) is 6. The lowest BCUT2D eigenvalue weighted by Gasteiger charge is -2.32. The molecular weight excluding hydrogens is 508 g/mol. The van der Waals surface area contributed by atoms with E-state index in [1.54, 1.807) is 26.0 Å². The molecule has 4 heterocycles. The molecule has 0 saturated carbocycles. The van der Waals surface area contributed by atoms with E-state index < -0.39 is 29.7 Å². The molecule has 1 saturated heterocycles. The molecule has 1 aliphatic heterocycles. The zero-order valence-corrected chi connectivity index (χ0v) is 20.5. The number of benzene rings is 1. The van der Waals surface area contributed by atoms with Gasteiger partial charge in [0.1, 0.15) is 11.7 Å². The molecule has 5 rings (SSSR count). The van der Waals surface area contributed by atoms with Crippen molar-refractivity contribution in [3.8, 4) is 17.3 Å². The highest BCUT2D eigenvalue weighted by Crippen LogP contribution is 2.41. The largest absolute Gasteiger partial charge is 0.491 e. The zero-order valence-electron chi connectivity index (χ0n) is 20.5. The maximum Gasteiger partial charge on any atom is 0.408 e. The van der Waals surface area contributed by atoms with Gasteiger partial charge in [0, 0.05) is 30.7 Å². The summed E-state index contributed by atoms with van der Waals surface area (Å²) in [6, 6.07) is 6.81. The van der Waals surface area contributed by atoms with Gasteiger partial charge in [-0.15, -0.1) is 10.2 Å². The fourth-order valence-electron chi connectivity index (χ4n) is 4.94. The Hall–Kier alpha value is -4.00. The topological polar surface area (TPSA) is 105 Å². The Bertz CT molecular complexity index is 1520. The van der Waals surface area contributed by atoms with Crippen LogP contribution in [-0.2, 0) is 0 Å². The number of nitrogens with zero attached hydrogens (tertiary/aromatic N) is 5. The Balaban J connectivity index is 1.54. The highest BCUT2D eigenvalue weighted by Gasteiger charge is 2.49. The number of aromatic nitrogens is 4. The van der Waals surface area contributed by atoms with Crippen molar-refractivity contribution >= 4 is 22.6 Å². The second-order valence-electron chi connectivity index (χ2n) is 9.47. The van der Waals surface area contributed by atoms with Gasteiger partial charge in [-0.2, -0.15) is 13.2 Å². The van der Waals surface area contributed by atoms with E-state index >= 15 is 0 Å². The molecule has 1 aliphatic rings. The molecular formula is C25H24F4N6O3. The van der Waals surface area contributed by atoms with Crippen LogP contribution in [0, 0.1) is 5.82 Å². The summed E-state index contributed by atoms with van der Waals surface area (Å²) >= 11 is 0. The van der Waals surface area contributed by atoms with Crippen LogP contribution in [0.1, 0.15) is 31.9 Å². The van der Waals surface area contributed by atoms with Crippen LogP contribution in [0.3, 0.4) is 0 Å². The van der Waals surface area contributed by atoms with Crippen molar-refractivity contribution in [1.82, 2.24) is 29.8 Å². The number of fused-ring (bicyclic) bond motifs is 2.